The lowest BCUT2D eigenvalue weighted by atomic mass is 9.96. The third kappa shape index (κ3) is 3.65. The minimum atomic E-state index is -0.407. The Hall–Kier alpha value is -1.71. The number of carbonyl (C=O) groups is 1. The highest BCUT2D eigenvalue weighted by Crippen LogP contribution is 2.24. The van der Waals surface area contributed by atoms with Gasteiger partial charge in [0.25, 0.3) is 0 Å². The molecule has 0 aliphatic heterocycles. The predicted molar refractivity (Wildman–Crippen MR) is 74.9 cm³/mol. The van der Waals surface area contributed by atoms with Crippen molar-refractivity contribution in [2.75, 3.05) is 24.7 Å². The first kappa shape index (κ1) is 14.4. The van der Waals surface area contributed by atoms with Gasteiger partial charge in [-0.15, -0.1) is 0 Å². The van der Waals surface area contributed by atoms with Gasteiger partial charge in [0.1, 0.15) is 0 Å². The minimum absolute atomic E-state index is 0.167. The van der Waals surface area contributed by atoms with E-state index >= 15 is 0 Å². The van der Waals surface area contributed by atoms with Gasteiger partial charge in [-0.3, -0.25) is 0 Å². The first-order chi connectivity index (χ1) is 8.24. The lowest BCUT2D eigenvalue weighted by molar-refractivity contribution is 0.0602. The number of hydrogen-bond donors (Lipinski definition) is 2. The zero-order chi connectivity index (χ0) is 13.9. The van der Waals surface area contributed by atoms with Crippen molar-refractivity contribution in [2.45, 2.75) is 27.7 Å². The van der Waals surface area contributed by atoms with Crippen molar-refractivity contribution in [3.63, 3.8) is 0 Å². The summed E-state index contributed by atoms with van der Waals surface area (Å²) in [6.45, 7) is 9.13. The molecule has 0 radical (unpaired) electrons. The van der Waals surface area contributed by atoms with Crippen LogP contribution in [0.5, 0.6) is 0 Å². The van der Waals surface area contributed by atoms with Crippen LogP contribution >= 0.6 is 0 Å². The first-order valence-electron chi connectivity index (χ1n) is 5.97. The van der Waals surface area contributed by atoms with Crippen molar-refractivity contribution in [3.8, 4) is 0 Å². The average molecular weight is 250 g/mol. The smallest absolute Gasteiger partial charge is 0.340 e. The van der Waals surface area contributed by atoms with E-state index in [1.54, 1.807) is 6.07 Å². The predicted octanol–water partition coefficient (Wildman–Crippen LogP) is 2.82. The molecule has 0 fully saturated rings. The topological polar surface area (TPSA) is 64.3 Å². The normalized spacial score (nSPS) is 11.2. The fourth-order valence-electron chi connectivity index (χ4n) is 1.55. The molecule has 4 nitrogen and oxygen atoms in total. The van der Waals surface area contributed by atoms with E-state index < -0.39 is 5.97 Å². The number of benzene rings is 1. The van der Waals surface area contributed by atoms with E-state index in [9.17, 15) is 4.79 Å². The molecule has 0 spiro atoms. The molecular formula is C14H22N2O2. The van der Waals surface area contributed by atoms with E-state index in [0.717, 1.165) is 17.8 Å². The zero-order valence-corrected chi connectivity index (χ0v) is 11.8. The van der Waals surface area contributed by atoms with E-state index in [2.05, 4.69) is 26.1 Å². The Morgan fingerprint density at radius 1 is 1.39 bits per heavy atom. The number of nitrogens with two attached hydrogens (primary N) is 1. The molecule has 0 aliphatic carbocycles. The van der Waals surface area contributed by atoms with Crippen LogP contribution in [-0.4, -0.2) is 19.6 Å². The number of methoxy groups -OCH3 is 1. The first-order valence-corrected chi connectivity index (χ1v) is 5.97. The van der Waals surface area contributed by atoms with Gasteiger partial charge in [0, 0.05) is 17.9 Å². The average Bonchev–Trinajstić information content (AvgIpc) is 2.28. The molecule has 0 atom stereocenters. The summed E-state index contributed by atoms with van der Waals surface area (Å²) in [5.41, 5.74) is 8.69. The summed E-state index contributed by atoms with van der Waals surface area (Å²) in [6.07, 6.45) is 0. The monoisotopic (exact) mass is 250 g/mol. The number of nitrogen functional groups attached to an aromatic ring is 1. The number of anilines is 2. The Labute approximate surface area is 109 Å². The van der Waals surface area contributed by atoms with Gasteiger partial charge < -0.3 is 15.8 Å². The summed E-state index contributed by atoms with van der Waals surface area (Å²) in [7, 11) is 1.35. The van der Waals surface area contributed by atoms with Crippen LogP contribution < -0.4 is 11.1 Å². The molecule has 0 bridgehead atoms. The summed E-state index contributed by atoms with van der Waals surface area (Å²) >= 11 is 0. The van der Waals surface area contributed by atoms with Crippen LogP contribution in [0.15, 0.2) is 12.1 Å². The fraction of sp³-hybridized carbons (Fsp3) is 0.500. The molecule has 0 aliphatic rings. The van der Waals surface area contributed by atoms with Gasteiger partial charge in [0.2, 0.25) is 0 Å². The maximum atomic E-state index is 11.6. The Morgan fingerprint density at radius 3 is 2.50 bits per heavy atom. The van der Waals surface area contributed by atoms with Gasteiger partial charge in [0.05, 0.1) is 12.7 Å². The lowest BCUT2D eigenvalue weighted by Crippen LogP contribution is -2.19. The van der Waals surface area contributed by atoms with Gasteiger partial charge in [-0.05, 0) is 30.0 Å². The van der Waals surface area contributed by atoms with Crippen molar-refractivity contribution >= 4 is 17.3 Å². The summed E-state index contributed by atoms with van der Waals surface area (Å²) in [4.78, 5) is 11.6. The van der Waals surface area contributed by atoms with E-state index in [0.29, 0.717) is 11.3 Å². The SMILES string of the molecule is COC(=O)c1cc(NCC(C)(C)C)cc(C)c1N. The highest BCUT2D eigenvalue weighted by Gasteiger charge is 2.15. The molecule has 100 valence electrons. The highest BCUT2D eigenvalue weighted by molar-refractivity contribution is 5.97. The number of aryl methyl sites for hydroxylation is 1. The molecule has 1 aromatic rings. The minimum Gasteiger partial charge on any atom is -0.465 e. The molecule has 4 heteroatoms. The van der Waals surface area contributed by atoms with Gasteiger partial charge in [-0.1, -0.05) is 20.8 Å². The molecule has 3 N–H and O–H groups in total. The van der Waals surface area contributed by atoms with Gasteiger partial charge in [0.15, 0.2) is 0 Å². The summed E-state index contributed by atoms with van der Waals surface area (Å²) < 4.78 is 4.73. The number of nitrogens with one attached hydrogen (secondary N) is 1. The van der Waals surface area contributed by atoms with Gasteiger partial charge in [-0.25, -0.2) is 4.79 Å². The van der Waals surface area contributed by atoms with Crippen molar-refractivity contribution in [3.05, 3.63) is 23.3 Å². The van der Waals surface area contributed by atoms with Crippen LogP contribution in [0.2, 0.25) is 0 Å². The molecule has 18 heavy (non-hydrogen) atoms. The number of ether oxygens (including phenoxy) is 1. The molecule has 0 unspecified atom stereocenters. The number of carbonyl (C=O) groups excluding carboxylic acids is 1. The third-order valence-corrected chi connectivity index (χ3v) is 2.62. The molecule has 1 aromatic carbocycles. The summed E-state index contributed by atoms with van der Waals surface area (Å²) in [6, 6.07) is 3.67. The lowest BCUT2D eigenvalue weighted by Gasteiger charge is -2.20. The van der Waals surface area contributed by atoms with Crippen LogP contribution in [0.4, 0.5) is 11.4 Å². The second-order valence-corrected chi connectivity index (χ2v) is 5.66. The molecule has 0 heterocycles. The molecule has 0 saturated heterocycles. The maximum absolute atomic E-state index is 11.6. The number of rotatable bonds is 3. The van der Waals surface area contributed by atoms with Crippen molar-refractivity contribution in [1.82, 2.24) is 0 Å². The Kier molecular flexibility index (Phi) is 4.22. The van der Waals surface area contributed by atoms with Crippen molar-refractivity contribution in [2.24, 2.45) is 5.41 Å². The summed E-state index contributed by atoms with van der Waals surface area (Å²) in [5.74, 6) is -0.407. The van der Waals surface area contributed by atoms with E-state index in [1.807, 2.05) is 13.0 Å². The van der Waals surface area contributed by atoms with E-state index in [4.69, 9.17) is 10.5 Å². The highest BCUT2D eigenvalue weighted by atomic mass is 16.5. The second-order valence-electron chi connectivity index (χ2n) is 5.66. The van der Waals surface area contributed by atoms with Crippen LogP contribution in [0.1, 0.15) is 36.7 Å². The second kappa shape index (κ2) is 5.29. The van der Waals surface area contributed by atoms with Crippen molar-refractivity contribution in [1.29, 1.82) is 0 Å². The summed E-state index contributed by atoms with van der Waals surface area (Å²) in [5, 5.41) is 3.31. The molecule has 0 aromatic heterocycles. The van der Waals surface area contributed by atoms with Crippen LogP contribution in [0, 0.1) is 12.3 Å². The van der Waals surface area contributed by atoms with Crippen LogP contribution in [0.25, 0.3) is 0 Å². The molecular weight excluding hydrogens is 228 g/mol. The zero-order valence-electron chi connectivity index (χ0n) is 11.8. The third-order valence-electron chi connectivity index (χ3n) is 2.62. The molecule has 0 amide bonds. The largest absolute Gasteiger partial charge is 0.465 e. The van der Waals surface area contributed by atoms with Crippen LogP contribution in [-0.2, 0) is 4.74 Å². The van der Waals surface area contributed by atoms with Gasteiger partial charge >= 0.3 is 5.97 Å². The van der Waals surface area contributed by atoms with Gasteiger partial charge in [-0.2, -0.15) is 0 Å². The van der Waals surface area contributed by atoms with E-state index in [-0.39, 0.29) is 5.41 Å². The Bertz CT molecular complexity index is 448. The molecule has 1 rings (SSSR count). The fourth-order valence-corrected chi connectivity index (χ4v) is 1.55. The molecule has 0 saturated carbocycles. The van der Waals surface area contributed by atoms with Crippen molar-refractivity contribution < 1.29 is 9.53 Å². The van der Waals surface area contributed by atoms with E-state index in [1.165, 1.54) is 7.11 Å². The maximum Gasteiger partial charge on any atom is 0.340 e. The van der Waals surface area contributed by atoms with Crippen LogP contribution in [0.3, 0.4) is 0 Å². The standard InChI is InChI=1S/C14H22N2O2/c1-9-6-10(16-8-14(2,3)4)7-11(12(9)15)13(17)18-5/h6-7,16H,8,15H2,1-5H3. The number of hydrogen-bond acceptors (Lipinski definition) is 4. The quantitative estimate of drug-likeness (QED) is 0.639. The Balaban J connectivity index is 3.01. The number of esters is 1. The Morgan fingerprint density at radius 2 is 2.00 bits per heavy atom.